The van der Waals surface area contributed by atoms with E-state index in [4.69, 9.17) is 0 Å². The first-order chi connectivity index (χ1) is 27.6. The SMILES string of the molecule is C=C(CCCCCN(CCCCCCCCCCCC)CCCN(CCCCCCCCCCCC)CCCCCCCCCCCC)[N-]C.CC.CCCC.[Y]. The first-order valence-corrected chi connectivity index (χ1v) is 26.3. The van der Waals surface area contributed by atoms with Crippen molar-refractivity contribution < 1.29 is 32.7 Å². The summed E-state index contributed by atoms with van der Waals surface area (Å²) in [6, 6.07) is 0. The van der Waals surface area contributed by atoms with Gasteiger partial charge in [0, 0.05) is 32.7 Å². The van der Waals surface area contributed by atoms with Crippen LogP contribution in [-0.4, -0.2) is 56.1 Å². The Labute approximate surface area is 389 Å². The van der Waals surface area contributed by atoms with E-state index >= 15 is 0 Å². The van der Waals surface area contributed by atoms with E-state index in [2.05, 4.69) is 56.3 Å². The molecule has 0 saturated carbocycles. The fourth-order valence-electron chi connectivity index (χ4n) is 7.61. The minimum absolute atomic E-state index is 0. The molecule has 0 unspecified atom stereocenters. The van der Waals surface area contributed by atoms with Gasteiger partial charge < -0.3 is 15.1 Å². The minimum Gasteiger partial charge on any atom is -0.691 e. The molecule has 0 fully saturated rings. The van der Waals surface area contributed by atoms with Crippen LogP contribution in [0.15, 0.2) is 12.3 Å². The molecular formula is C53H112N3Y-. The summed E-state index contributed by atoms with van der Waals surface area (Å²) in [5, 5.41) is 4.26. The molecule has 0 amide bonds. The third-order valence-corrected chi connectivity index (χ3v) is 11.7. The molecule has 0 aromatic rings. The van der Waals surface area contributed by atoms with Gasteiger partial charge in [-0.15, -0.1) is 13.6 Å². The summed E-state index contributed by atoms with van der Waals surface area (Å²) in [5.74, 6) is 0. The zero-order valence-electron chi connectivity index (χ0n) is 41.5. The van der Waals surface area contributed by atoms with Crippen LogP contribution in [0.3, 0.4) is 0 Å². The number of nitrogens with zero attached hydrogens (tertiary/aromatic N) is 3. The molecule has 0 rings (SSSR count). The summed E-state index contributed by atoms with van der Waals surface area (Å²) in [5.41, 5.74) is 1.07. The Kier molecular flexibility index (Phi) is 68.5. The molecular weight excluding hydrogens is 768 g/mol. The van der Waals surface area contributed by atoms with Crippen LogP contribution in [-0.2, 0) is 32.7 Å². The Hall–Kier alpha value is 0.564. The number of allylic oxidation sites excluding steroid dienone is 1. The second-order valence-electron chi connectivity index (χ2n) is 17.2. The van der Waals surface area contributed by atoms with Gasteiger partial charge in [-0.1, -0.05) is 248 Å². The maximum absolute atomic E-state index is 4.26. The quantitative estimate of drug-likeness (QED) is 0.0568. The van der Waals surface area contributed by atoms with Crippen molar-refractivity contribution in [2.75, 3.05) is 46.3 Å². The third-order valence-electron chi connectivity index (χ3n) is 11.7. The van der Waals surface area contributed by atoms with Gasteiger partial charge >= 0.3 is 0 Å². The van der Waals surface area contributed by atoms with E-state index in [0.717, 1.165) is 12.1 Å². The zero-order valence-corrected chi connectivity index (χ0v) is 44.4. The van der Waals surface area contributed by atoms with Gasteiger partial charge in [0.2, 0.25) is 0 Å². The molecule has 0 bridgehead atoms. The molecule has 0 aliphatic carbocycles. The fourth-order valence-corrected chi connectivity index (χ4v) is 7.61. The number of unbranched alkanes of at least 4 members (excludes halogenated alkanes) is 30. The number of hydrogen-bond acceptors (Lipinski definition) is 2. The van der Waals surface area contributed by atoms with E-state index in [0.29, 0.717) is 0 Å². The molecule has 0 heterocycles. The van der Waals surface area contributed by atoms with Crippen molar-refractivity contribution >= 4 is 0 Å². The van der Waals surface area contributed by atoms with Crippen molar-refractivity contribution in [3.63, 3.8) is 0 Å². The molecule has 0 aliphatic heterocycles. The Morgan fingerprint density at radius 1 is 0.316 bits per heavy atom. The second-order valence-corrected chi connectivity index (χ2v) is 17.2. The van der Waals surface area contributed by atoms with Crippen LogP contribution in [0.2, 0.25) is 0 Å². The van der Waals surface area contributed by atoms with Crippen molar-refractivity contribution in [1.82, 2.24) is 9.80 Å². The van der Waals surface area contributed by atoms with Crippen LogP contribution in [0.5, 0.6) is 0 Å². The van der Waals surface area contributed by atoms with Crippen molar-refractivity contribution in [1.29, 1.82) is 0 Å². The van der Waals surface area contributed by atoms with E-state index in [1.807, 2.05) is 20.9 Å². The summed E-state index contributed by atoms with van der Waals surface area (Å²) in [7, 11) is 1.88. The van der Waals surface area contributed by atoms with Gasteiger partial charge in [0.1, 0.15) is 0 Å². The molecule has 0 aromatic heterocycles. The summed E-state index contributed by atoms with van der Waals surface area (Å²) in [6.07, 6.45) is 52.0. The Bertz CT molecular complexity index is 645. The summed E-state index contributed by atoms with van der Waals surface area (Å²) >= 11 is 0. The van der Waals surface area contributed by atoms with Gasteiger partial charge in [0.25, 0.3) is 0 Å². The van der Waals surface area contributed by atoms with Crippen molar-refractivity contribution in [2.24, 2.45) is 0 Å². The first-order valence-electron chi connectivity index (χ1n) is 26.3. The van der Waals surface area contributed by atoms with Crippen LogP contribution < -0.4 is 0 Å². The standard InChI is InChI=1S/C47H96N3.C4H10.C2H6.Y/c1-6-9-12-15-18-21-24-27-30-35-41-49(42-36-31-28-25-22-19-16-13-10-7-2)45-39-46-50(44-38-33-34-40-47(4)48-5)43-37-32-29-26-23-20-17-14-11-8-3;1-3-4-2;1-2;/h4,6-46H2,1-3,5H3;3-4H2,1-2H3;1-2H3;/q-1;;;. The van der Waals surface area contributed by atoms with E-state index < -0.39 is 0 Å². The van der Waals surface area contributed by atoms with Crippen molar-refractivity contribution in [3.8, 4) is 0 Å². The van der Waals surface area contributed by atoms with E-state index in [-0.39, 0.29) is 32.7 Å². The monoisotopic (exact) mass is 880 g/mol. The summed E-state index contributed by atoms with van der Waals surface area (Å²) < 4.78 is 0. The minimum atomic E-state index is 0. The molecule has 0 aromatic carbocycles. The maximum Gasteiger partial charge on any atom is 0 e. The first kappa shape index (κ1) is 64.2. The predicted octanol–water partition coefficient (Wildman–Crippen LogP) is 18.7. The Balaban J connectivity index is -0.00000187. The molecule has 343 valence electrons. The van der Waals surface area contributed by atoms with Gasteiger partial charge in [-0.05, 0) is 77.8 Å². The van der Waals surface area contributed by atoms with Crippen molar-refractivity contribution in [2.45, 2.75) is 286 Å². The molecule has 57 heavy (non-hydrogen) atoms. The topological polar surface area (TPSA) is 20.6 Å². The molecule has 0 atom stereocenters. The molecule has 0 N–H and O–H groups in total. The zero-order chi connectivity index (χ0) is 41.8. The second kappa shape index (κ2) is 60.9. The average Bonchev–Trinajstić information content (AvgIpc) is 3.22. The molecule has 1 radical (unpaired) electrons. The van der Waals surface area contributed by atoms with Gasteiger partial charge in [0.05, 0.1) is 0 Å². The molecule has 3 nitrogen and oxygen atoms in total. The van der Waals surface area contributed by atoms with Gasteiger partial charge in [-0.2, -0.15) is 5.70 Å². The number of hydrogen-bond donors (Lipinski definition) is 0. The van der Waals surface area contributed by atoms with Crippen LogP contribution >= 0.6 is 0 Å². The largest absolute Gasteiger partial charge is 0.691 e. The maximum atomic E-state index is 4.26. The van der Waals surface area contributed by atoms with E-state index in [1.165, 1.54) is 270 Å². The smallest absolute Gasteiger partial charge is 0 e. The summed E-state index contributed by atoms with van der Waals surface area (Å²) in [4.78, 5) is 5.71. The third kappa shape index (κ3) is 58.7. The molecule has 0 aliphatic rings. The normalized spacial score (nSPS) is 10.9. The molecule has 0 saturated heterocycles. The van der Waals surface area contributed by atoms with Crippen LogP contribution in [0, 0.1) is 0 Å². The number of rotatable bonds is 45. The van der Waals surface area contributed by atoms with E-state index in [1.54, 1.807) is 0 Å². The average molecular weight is 880 g/mol. The van der Waals surface area contributed by atoms with Gasteiger partial charge in [-0.25, -0.2) is 0 Å². The fraction of sp³-hybridized carbons (Fsp3) is 0.962. The Morgan fingerprint density at radius 3 is 0.754 bits per heavy atom. The predicted molar refractivity (Wildman–Crippen MR) is 262 cm³/mol. The van der Waals surface area contributed by atoms with Crippen LogP contribution in [0.25, 0.3) is 5.32 Å². The van der Waals surface area contributed by atoms with Crippen LogP contribution in [0.4, 0.5) is 0 Å². The molecule has 0 spiro atoms. The van der Waals surface area contributed by atoms with Gasteiger partial charge in [0.15, 0.2) is 0 Å². The van der Waals surface area contributed by atoms with E-state index in [9.17, 15) is 0 Å². The van der Waals surface area contributed by atoms with Gasteiger partial charge in [-0.3, -0.25) is 0 Å². The Morgan fingerprint density at radius 2 is 0.526 bits per heavy atom. The summed E-state index contributed by atoms with van der Waals surface area (Å²) in [6.45, 7) is 27.2. The van der Waals surface area contributed by atoms with Crippen molar-refractivity contribution in [3.05, 3.63) is 17.6 Å². The van der Waals surface area contributed by atoms with Crippen LogP contribution in [0.1, 0.15) is 286 Å². The molecule has 4 heteroatoms.